The molecule has 0 unspecified atom stereocenters. The van der Waals surface area contributed by atoms with Crippen molar-refractivity contribution in [3.63, 3.8) is 0 Å². The van der Waals surface area contributed by atoms with Gasteiger partial charge in [0.15, 0.2) is 0 Å². The van der Waals surface area contributed by atoms with E-state index in [9.17, 15) is 4.79 Å². The first kappa shape index (κ1) is 13.5. The van der Waals surface area contributed by atoms with Crippen LogP contribution in [-0.4, -0.2) is 42.0 Å². The fourth-order valence-electron chi connectivity index (χ4n) is 3.32. The maximum atomic E-state index is 12.7. The van der Waals surface area contributed by atoms with Crippen molar-refractivity contribution in [3.8, 4) is 0 Å². The minimum Gasteiger partial charge on any atom is -0.325 e. The highest BCUT2D eigenvalue weighted by atomic mass is 16.2. The molecule has 20 heavy (non-hydrogen) atoms. The standard InChI is InChI=1S/C17H24N2O/c20-17(18-11-5-1-2-6-12-18)19-13-9-15-7-3-4-8-16(15)10-14-19/h3-4,7-8H,1-2,5-6,9-14H2. The highest BCUT2D eigenvalue weighted by Gasteiger charge is 2.23. The summed E-state index contributed by atoms with van der Waals surface area (Å²) in [6.45, 7) is 3.63. The summed E-state index contributed by atoms with van der Waals surface area (Å²) in [4.78, 5) is 16.8. The molecule has 2 aliphatic heterocycles. The van der Waals surface area contributed by atoms with E-state index in [1.54, 1.807) is 0 Å². The number of carbonyl (C=O) groups is 1. The van der Waals surface area contributed by atoms with E-state index in [2.05, 4.69) is 34.1 Å². The number of hydrogen-bond donors (Lipinski definition) is 0. The molecule has 1 aromatic rings. The number of carbonyl (C=O) groups excluding carboxylic acids is 1. The van der Waals surface area contributed by atoms with E-state index in [4.69, 9.17) is 0 Å². The Morgan fingerprint density at radius 2 is 1.25 bits per heavy atom. The van der Waals surface area contributed by atoms with E-state index in [1.165, 1.54) is 36.8 Å². The summed E-state index contributed by atoms with van der Waals surface area (Å²) in [6, 6.07) is 8.88. The van der Waals surface area contributed by atoms with Gasteiger partial charge in [0, 0.05) is 26.2 Å². The quantitative estimate of drug-likeness (QED) is 0.712. The fraction of sp³-hybridized carbons (Fsp3) is 0.588. The van der Waals surface area contributed by atoms with Crippen LogP contribution in [0.5, 0.6) is 0 Å². The molecule has 0 aliphatic carbocycles. The van der Waals surface area contributed by atoms with Gasteiger partial charge in [0.05, 0.1) is 0 Å². The lowest BCUT2D eigenvalue weighted by Crippen LogP contribution is -2.44. The molecule has 108 valence electrons. The van der Waals surface area contributed by atoms with Gasteiger partial charge in [0.2, 0.25) is 0 Å². The lowest BCUT2D eigenvalue weighted by Gasteiger charge is -2.29. The second kappa shape index (κ2) is 6.29. The van der Waals surface area contributed by atoms with Crippen molar-refractivity contribution in [2.24, 2.45) is 0 Å². The summed E-state index contributed by atoms with van der Waals surface area (Å²) >= 11 is 0. The summed E-state index contributed by atoms with van der Waals surface area (Å²) in [7, 11) is 0. The van der Waals surface area contributed by atoms with Crippen LogP contribution in [0.2, 0.25) is 0 Å². The van der Waals surface area contributed by atoms with Crippen molar-refractivity contribution in [2.45, 2.75) is 38.5 Å². The van der Waals surface area contributed by atoms with E-state index in [0.29, 0.717) is 0 Å². The largest absolute Gasteiger partial charge is 0.325 e. The number of amides is 2. The number of likely N-dealkylation sites (tertiary alicyclic amines) is 1. The van der Waals surface area contributed by atoms with E-state index in [1.807, 2.05) is 0 Å². The lowest BCUT2D eigenvalue weighted by molar-refractivity contribution is 0.156. The van der Waals surface area contributed by atoms with Gasteiger partial charge in [-0.25, -0.2) is 4.79 Å². The molecule has 2 amide bonds. The zero-order chi connectivity index (χ0) is 13.8. The average molecular weight is 272 g/mol. The smallest absolute Gasteiger partial charge is 0.320 e. The normalized spacial score (nSPS) is 20.0. The second-order valence-electron chi connectivity index (χ2n) is 5.94. The van der Waals surface area contributed by atoms with Crippen LogP contribution in [-0.2, 0) is 12.8 Å². The molecule has 0 aromatic heterocycles. The molecule has 0 saturated carbocycles. The van der Waals surface area contributed by atoms with Gasteiger partial charge >= 0.3 is 6.03 Å². The molecular weight excluding hydrogens is 248 g/mol. The molecule has 0 N–H and O–H groups in total. The van der Waals surface area contributed by atoms with Gasteiger partial charge in [-0.05, 0) is 36.8 Å². The Balaban J connectivity index is 1.65. The first-order valence-electron chi connectivity index (χ1n) is 7.95. The van der Waals surface area contributed by atoms with Crippen LogP contribution in [0.1, 0.15) is 36.8 Å². The van der Waals surface area contributed by atoms with Crippen molar-refractivity contribution in [2.75, 3.05) is 26.2 Å². The van der Waals surface area contributed by atoms with Crippen molar-refractivity contribution in [3.05, 3.63) is 35.4 Å². The highest BCUT2D eigenvalue weighted by Crippen LogP contribution is 2.18. The number of hydrogen-bond acceptors (Lipinski definition) is 1. The van der Waals surface area contributed by atoms with Crippen LogP contribution in [0.15, 0.2) is 24.3 Å². The zero-order valence-corrected chi connectivity index (χ0v) is 12.2. The Kier molecular flexibility index (Phi) is 4.24. The Bertz CT molecular complexity index is 437. The Morgan fingerprint density at radius 3 is 1.80 bits per heavy atom. The first-order chi connectivity index (χ1) is 9.84. The summed E-state index contributed by atoms with van der Waals surface area (Å²) in [6.07, 6.45) is 6.87. The Labute approximate surface area is 121 Å². The molecular formula is C17H24N2O. The summed E-state index contributed by atoms with van der Waals surface area (Å²) in [5.74, 6) is 0. The van der Waals surface area contributed by atoms with E-state index < -0.39 is 0 Å². The van der Waals surface area contributed by atoms with Crippen LogP contribution >= 0.6 is 0 Å². The third kappa shape index (κ3) is 2.97. The van der Waals surface area contributed by atoms with E-state index >= 15 is 0 Å². The summed E-state index contributed by atoms with van der Waals surface area (Å²) in [5.41, 5.74) is 2.83. The SMILES string of the molecule is O=C(N1CCCCCC1)N1CCc2ccccc2CC1. The van der Waals surface area contributed by atoms with Crippen LogP contribution in [0.3, 0.4) is 0 Å². The Morgan fingerprint density at radius 1 is 0.750 bits per heavy atom. The first-order valence-corrected chi connectivity index (χ1v) is 7.95. The average Bonchev–Trinajstić information content (AvgIpc) is 2.87. The maximum Gasteiger partial charge on any atom is 0.320 e. The molecule has 1 fully saturated rings. The number of urea groups is 1. The van der Waals surface area contributed by atoms with Crippen molar-refractivity contribution in [1.82, 2.24) is 9.80 Å². The zero-order valence-electron chi connectivity index (χ0n) is 12.2. The van der Waals surface area contributed by atoms with Crippen LogP contribution in [0.4, 0.5) is 4.79 Å². The molecule has 1 saturated heterocycles. The number of nitrogens with zero attached hydrogens (tertiary/aromatic N) is 2. The monoisotopic (exact) mass is 272 g/mol. The van der Waals surface area contributed by atoms with Crippen LogP contribution < -0.4 is 0 Å². The van der Waals surface area contributed by atoms with Crippen LogP contribution in [0.25, 0.3) is 0 Å². The lowest BCUT2D eigenvalue weighted by atomic mass is 10.0. The van der Waals surface area contributed by atoms with Gasteiger partial charge in [-0.3, -0.25) is 0 Å². The summed E-state index contributed by atoms with van der Waals surface area (Å²) < 4.78 is 0. The number of benzene rings is 1. The number of fused-ring (bicyclic) bond motifs is 1. The predicted molar refractivity (Wildman–Crippen MR) is 80.9 cm³/mol. The molecule has 0 spiro atoms. The molecule has 0 radical (unpaired) electrons. The van der Waals surface area contributed by atoms with Gasteiger partial charge in [0.25, 0.3) is 0 Å². The highest BCUT2D eigenvalue weighted by molar-refractivity contribution is 5.74. The number of rotatable bonds is 0. The third-order valence-electron chi connectivity index (χ3n) is 4.57. The third-order valence-corrected chi connectivity index (χ3v) is 4.57. The minimum atomic E-state index is 0.264. The Hall–Kier alpha value is -1.51. The fourth-order valence-corrected chi connectivity index (χ4v) is 3.32. The van der Waals surface area contributed by atoms with Crippen molar-refractivity contribution < 1.29 is 4.79 Å². The van der Waals surface area contributed by atoms with E-state index in [0.717, 1.165) is 39.0 Å². The summed E-state index contributed by atoms with van der Waals surface area (Å²) in [5, 5.41) is 0. The molecule has 2 heterocycles. The predicted octanol–water partition coefficient (Wildman–Crippen LogP) is 3.08. The molecule has 3 nitrogen and oxygen atoms in total. The van der Waals surface area contributed by atoms with Gasteiger partial charge in [-0.15, -0.1) is 0 Å². The van der Waals surface area contributed by atoms with Gasteiger partial charge in [-0.2, -0.15) is 0 Å². The molecule has 3 heteroatoms. The maximum absolute atomic E-state index is 12.7. The van der Waals surface area contributed by atoms with Crippen molar-refractivity contribution >= 4 is 6.03 Å². The molecule has 2 aliphatic rings. The van der Waals surface area contributed by atoms with Gasteiger partial charge in [-0.1, -0.05) is 37.1 Å². The van der Waals surface area contributed by atoms with Gasteiger partial charge in [0.1, 0.15) is 0 Å². The molecule has 1 aromatic carbocycles. The van der Waals surface area contributed by atoms with Crippen molar-refractivity contribution in [1.29, 1.82) is 0 Å². The van der Waals surface area contributed by atoms with Crippen LogP contribution in [0, 0.1) is 0 Å². The topological polar surface area (TPSA) is 23.6 Å². The molecule has 0 atom stereocenters. The molecule has 3 rings (SSSR count). The minimum absolute atomic E-state index is 0.264. The molecule has 0 bridgehead atoms. The van der Waals surface area contributed by atoms with E-state index in [-0.39, 0.29) is 6.03 Å². The second-order valence-corrected chi connectivity index (χ2v) is 5.94. The van der Waals surface area contributed by atoms with Gasteiger partial charge < -0.3 is 9.80 Å².